The highest BCUT2D eigenvalue weighted by Gasteiger charge is 2.12. The third-order valence-corrected chi connectivity index (χ3v) is 3.04. The Morgan fingerprint density at radius 1 is 1.04 bits per heavy atom. The molecule has 0 saturated carbocycles. The standard InChI is InChI=1S/C15H10F3N5O/c16-10-3-1-9(2-4-10)15-20-22-23(21-15)8-14(24)19-13-7-11(17)5-6-12(13)18/h1-7H,8H2,(H,19,24). The Labute approximate surface area is 133 Å². The fourth-order valence-corrected chi connectivity index (χ4v) is 1.94. The van der Waals surface area contributed by atoms with Gasteiger partial charge in [0, 0.05) is 11.6 Å². The summed E-state index contributed by atoms with van der Waals surface area (Å²) in [6, 6.07) is 8.15. The largest absolute Gasteiger partial charge is 0.322 e. The van der Waals surface area contributed by atoms with Crippen molar-refractivity contribution < 1.29 is 18.0 Å². The predicted octanol–water partition coefficient (Wildman–Crippen LogP) is 2.40. The number of carbonyl (C=O) groups excluding carboxylic acids is 1. The summed E-state index contributed by atoms with van der Waals surface area (Å²) in [5, 5.41) is 13.6. The predicted molar refractivity (Wildman–Crippen MR) is 78.2 cm³/mol. The number of tetrazole rings is 1. The minimum Gasteiger partial charge on any atom is -0.322 e. The lowest BCUT2D eigenvalue weighted by Gasteiger charge is -2.05. The van der Waals surface area contributed by atoms with E-state index in [-0.39, 0.29) is 18.1 Å². The second-order valence-electron chi connectivity index (χ2n) is 4.82. The van der Waals surface area contributed by atoms with Gasteiger partial charge in [-0.15, -0.1) is 10.2 Å². The molecule has 0 radical (unpaired) electrons. The minimum absolute atomic E-state index is 0.208. The molecule has 0 fully saturated rings. The summed E-state index contributed by atoms with van der Waals surface area (Å²) in [6.45, 7) is -0.343. The van der Waals surface area contributed by atoms with E-state index in [1.54, 1.807) is 0 Å². The average molecular weight is 333 g/mol. The van der Waals surface area contributed by atoms with Crippen LogP contribution in [0.5, 0.6) is 0 Å². The molecule has 1 amide bonds. The van der Waals surface area contributed by atoms with Crippen LogP contribution in [0, 0.1) is 17.5 Å². The van der Waals surface area contributed by atoms with Gasteiger partial charge in [-0.2, -0.15) is 4.80 Å². The molecule has 2 aromatic carbocycles. The number of hydrogen-bond acceptors (Lipinski definition) is 4. The van der Waals surface area contributed by atoms with Crippen molar-refractivity contribution in [3.63, 3.8) is 0 Å². The monoisotopic (exact) mass is 333 g/mol. The lowest BCUT2D eigenvalue weighted by Crippen LogP contribution is -2.21. The van der Waals surface area contributed by atoms with Gasteiger partial charge in [0.05, 0.1) is 5.69 Å². The molecular formula is C15H10F3N5O. The molecule has 0 saturated heterocycles. The van der Waals surface area contributed by atoms with E-state index in [1.807, 2.05) is 0 Å². The second kappa shape index (κ2) is 6.49. The molecule has 9 heteroatoms. The highest BCUT2D eigenvalue weighted by Crippen LogP contribution is 2.16. The first-order chi connectivity index (χ1) is 11.5. The molecule has 3 rings (SSSR count). The third-order valence-electron chi connectivity index (χ3n) is 3.04. The van der Waals surface area contributed by atoms with Crippen LogP contribution in [0.3, 0.4) is 0 Å². The van der Waals surface area contributed by atoms with Crippen molar-refractivity contribution >= 4 is 11.6 Å². The Hall–Kier alpha value is -3.23. The quantitative estimate of drug-likeness (QED) is 0.796. The smallest absolute Gasteiger partial charge is 0.248 e. The second-order valence-corrected chi connectivity index (χ2v) is 4.82. The van der Waals surface area contributed by atoms with E-state index in [0.717, 1.165) is 23.0 Å². The van der Waals surface area contributed by atoms with Crippen LogP contribution in [0.4, 0.5) is 18.9 Å². The van der Waals surface area contributed by atoms with Gasteiger partial charge in [0.15, 0.2) is 0 Å². The van der Waals surface area contributed by atoms with Crippen LogP contribution >= 0.6 is 0 Å². The number of amides is 1. The summed E-state index contributed by atoms with van der Waals surface area (Å²) in [4.78, 5) is 12.8. The van der Waals surface area contributed by atoms with E-state index in [1.165, 1.54) is 24.3 Å². The lowest BCUT2D eigenvalue weighted by molar-refractivity contribution is -0.117. The molecule has 0 atom stereocenters. The molecule has 24 heavy (non-hydrogen) atoms. The maximum atomic E-state index is 13.5. The topological polar surface area (TPSA) is 72.7 Å². The van der Waals surface area contributed by atoms with Crippen LogP contribution in [0.25, 0.3) is 11.4 Å². The maximum absolute atomic E-state index is 13.5. The minimum atomic E-state index is -0.761. The van der Waals surface area contributed by atoms with Crippen LogP contribution in [-0.2, 0) is 11.3 Å². The first-order valence-corrected chi connectivity index (χ1v) is 6.80. The molecule has 6 nitrogen and oxygen atoms in total. The number of benzene rings is 2. The third kappa shape index (κ3) is 3.57. The van der Waals surface area contributed by atoms with Crippen LogP contribution in [0.15, 0.2) is 42.5 Å². The molecule has 1 N–H and O–H groups in total. The first kappa shape index (κ1) is 15.7. The number of halogens is 3. The van der Waals surface area contributed by atoms with Crippen molar-refractivity contribution in [3.8, 4) is 11.4 Å². The van der Waals surface area contributed by atoms with E-state index >= 15 is 0 Å². The summed E-state index contributed by atoms with van der Waals surface area (Å²) < 4.78 is 39.4. The lowest BCUT2D eigenvalue weighted by atomic mass is 10.2. The molecule has 0 aliphatic carbocycles. The summed E-state index contributed by atoms with van der Waals surface area (Å²) in [6.07, 6.45) is 0. The van der Waals surface area contributed by atoms with Crippen molar-refractivity contribution in [1.82, 2.24) is 20.2 Å². The molecule has 3 aromatic rings. The van der Waals surface area contributed by atoms with Gasteiger partial charge in [0.2, 0.25) is 11.7 Å². The Morgan fingerprint density at radius 2 is 1.75 bits per heavy atom. The van der Waals surface area contributed by atoms with Gasteiger partial charge in [0.1, 0.15) is 24.0 Å². The maximum Gasteiger partial charge on any atom is 0.248 e. The van der Waals surface area contributed by atoms with Gasteiger partial charge >= 0.3 is 0 Å². The van der Waals surface area contributed by atoms with Crippen molar-refractivity contribution in [2.75, 3.05) is 5.32 Å². The number of aromatic nitrogens is 4. The average Bonchev–Trinajstić information content (AvgIpc) is 3.00. The Kier molecular flexibility index (Phi) is 4.23. The number of nitrogens with zero attached hydrogens (tertiary/aromatic N) is 4. The Balaban J connectivity index is 1.69. The van der Waals surface area contributed by atoms with Gasteiger partial charge in [0.25, 0.3) is 0 Å². The summed E-state index contributed by atoms with van der Waals surface area (Å²) in [5.41, 5.74) is 0.248. The van der Waals surface area contributed by atoms with Gasteiger partial charge in [-0.3, -0.25) is 4.79 Å². The fraction of sp³-hybridized carbons (Fsp3) is 0.0667. The molecular weight excluding hydrogens is 323 g/mol. The normalized spacial score (nSPS) is 10.6. The van der Waals surface area contributed by atoms with Gasteiger partial charge in [-0.1, -0.05) is 0 Å². The van der Waals surface area contributed by atoms with Crippen molar-refractivity contribution in [1.29, 1.82) is 0 Å². The van der Waals surface area contributed by atoms with E-state index in [2.05, 4.69) is 20.7 Å². The Morgan fingerprint density at radius 3 is 2.50 bits per heavy atom. The molecule has 0 aliphatic heterocycles. The number of rotatable bonds is 4. The Bertz CT molecular complexity index is 879. The van der Waals surface area contributed by atoms with E-state index in [0.29, 0.717) is 5.56 Å². The SMILES string of the molecule is O=C(Cn1nnc(-c2ccc(F)cc2)n1)Nc1cc(F)ccc1F. The van der Waals surface area contributed by atoms with E-state index in [9.17, 15) is 18.0 Å². The number of nitrogens with one attached hydrogen (secondary N) is 1. The fourth-order valence-electron chi connectivity index (χ4n) is 1.94. The molecule has 1 heterocycles. The van der Waals surface area contributed by atoms with Crippen LogP contribution in [0.2, 0.25) is 0 Å². The van der Waals surface area contributed by atoms with Crippen LogP contribution < -0.4 is 5.32 Å². The summed E-state index contributed by atoms with van der Waals surface area (Å²) >= 11 is 0. The van der Waals surface area contributed by atoms with Gasteiger partial charge in [-0.25, -0.2) is 13.2 Å². The molecule has 0 aliphatic rings. The number of carbonyl (C=O) groups is 1. The number of hydrogen-bond donors (Lipinski definition) is 1. The van der Waals surface area contributed by atoms with Gasteiger partial charge in [-0.05, 0) is 41.6 Å². The van der Waals surface area contributed by atoms with Crippen LogP contribution in [-0.4, -0.2) is 26.1 Å². The van der Waals surface area contributed by atoms with E-state index < -0.39 is 23.4 Å². The summed E-state index contributed by atoms with van der Waals surface area (Å²) in [7, 11) is 0. The molecule has 0 unspecified atom stereocenters. The van der Waals surface area contributed by atoms with Gasteiger partial charge < -0.3 is 5.32 Å². The highest BCUT2D eigenvalue weighted by molar-refractivity contribution is 5.90. The van der Waals surface area contributed by atoms with Crippen molar-refractivity contribution in [3.05, 3.63) is 59.9 Å². The summed E-state index contributed by atoms with van der Waals surface area (Å²) in [5.74, 6) is -2.28. The van der Waals surface area contributed by atoms with E-state index in [4.69, 9.17) is 0 Å². The highest BCUT2D eigenvalue weighted by atomic mass is 19.1. The van der Waals surface area contributed by atoms with Crippen molar-refractivity contribution in [2.24, 2.45) is 0 Å². The first-order valence-electron chi connectivity index (χ1n) is 6.80. The zero-order valence-electron chi connectivity index (χ0n) is 12.1. The van der Waals surface area contributed by atoms with Crippen molar-refractivity contribution in [2.45, 2.75) is 6.54 Å². The zero-order valence-corrected chi connectivity index (χ0v) is 12.1. The molecule has 0 bridgehead atoms. The molecule has 0 spiro atoms. The number of anilines is 1. The molecule has 122 valence electrons. The molecule has 1 aromatic heterocycles. The zero-order chi connectivity index (χ0) is 17.1. The van der Waals surface area contributed by atoms with Crippen LogP contribution in [0.1, 0.15) is 0 Å².